The van der Waals surface area contributed by atoms with E-state index in [0.29, 0.717) is 16.5 Å². The Bertz CT molecular complexity index is 599. The van der Waals surface area contributed by atoms with Crippen LogP contribution < -0.4 is 5.32 Å². The Labute approximate surface area is 136 Å². The molecule has 2 rings (SSSR count). The number of hydrogen-bond donors (Lipinski definition) is 1. The molecule has 20 heavy (non-hydrogen) atoms. The lowest BCUT2D eigenvalue weighted by molar-refractivity contribution is 0.583. The third-order valence-corrected chi connectivity index (χ3v) is 4.55. The fourth-order valence-corrected chi connectivity index (χ4v) is 3.26. The molecule has 5 heteroatoms. The molecule has 0 aliphatic carbocycles. The summed E-state index contributed by atoms with van der Waals surface area (Å²) in [6, 6.07) is 10.1. The number of likely N-dealkylation sites (N-methyl/N-ethyl adjacent to an activating group) is 1. The van der Waals surface area contributed by atoms with Crippen LogP contribution in [0.4, 0.5) is 4.39 Å². The maximum Gasteiger partial charge on any atom is 0.124 e. The van der Waals surface area contributed by atoms with E-state index in [2.05, 4.69) is 21.2 Å². The summed E-state index contributed by atoms with van der Waals surface area (Å²) in [5.41, 5.74) is 1.84. The van der Waals surface area contributed by atoms with E-state index < -0.39 is 0 Å². The summed E-state index contributed by atoms with van der Waals surface area (Å²) < 4.78 is 13.9. The van der Waals surface area contributed by atoms with Crippen molar-refractivity contribution in [2.24, 2.45) is 0 Å². The van der Waals surface area contributed by atoms with Crippen molar-refractivity contribution in [3.8, 4) is 0 Å². The minimum Gasteiger partial charge on any atom is -0.313 e. The number of benzene rings is 2. The van der Waals surface area contributed by atoms with Crippen molar-refractivity contribution in [1.29, 1.82) is 0 Å². The molecule has 0 aliphatic heterocycles. The lowest BCUT2D eigenvalue weighted by atomic mass is 9.99. The molecule has 0 saturated heterocycles. The molecule has 106 valence electrons. The SMILES string of the molecule is CNC(Cc1c(Cl)cccc1Cl)c1ccc(F)cc1Br. The second-order valence-corrected chi connectivity index (χ2v) is 6.08. The zero-order chi connectivity index (χ0) is 14.7. The topological polar surface area (TPSA) is 12.0 Å². The zero-order valence-corrected chi connectivity index (χ0v) is 13.9. The van der Waals surface area contributed by atoms with Crippen molar-refractivity contribution in [2.45, 2.75) is 12.5 Å². The molecule has 1 atom stereocenters. The van der Waals surface area contributed by atoms with E-state index in [0.717, 1.165) is 15.6 Å². The quantitative estimate of drug-likeness (QED) is 0.753. The van der Waals surface area contributed by atoms with E-state index in [1.165, 1.54) is 12.1 Å². The minimum absolute atomic E-state index is 0.0117. The maximum absolute atomic E-state index is 13.2. The molecule has 1 unspecified atom stereocenters. The summed E-state index contributed by atoms with van der Waals surface area (Å²) in [5, 5.41) is 4.48. The van der Waals surface area contributed by atoms with Crippen molar-refractivity contribution in [3.05, 3.63) is 67.9 Å². The van der Waals surface area contributed by atoms with Gasteiger partial charge in [0.1, 0.15) is 5.82 Å². The van der Waals surface area contributed by atoms with Gasteiger partial charge in [0.2, 0.25) is 0 Å². The molecule has 0 bridgehead atoms. The molecule has 0 fully saturated rings. The van der Waals surface area contributed by atoms with Crippen LogP contribution in [0.3, 0.4) is 0 Å². The van der Waals surface area contributed by atoms with Gasteiger partial charge in [-0.2, -0.15) is 0 Å². The van der Waals surface area contributed by atoms with Crippen molar-refractivity contribution in [1.82, 2.24) is 5.32 Å². The van der Waals surface area contributed by atoms with Crippen LogP contribution in [0.25, 0.3) is 0 Å². The molecule has 1 nitrogen and oxygen atoms in total. The average Bonchev–Trinajstić information content (AvgIpc) is 2.40. The van der Waals surface area contributed by atoms with E-state index in [9.17, 15) is 4.39 Å². The molecular formula is C15H13BrCl2FN. The predicted octanol–water partition coefficient (Wildman–Crippen LogP) is 5.40. The molecule has 2 aromatic carbocycles. The molecule has 0 aromatic heterocycles. The van der Waals surface area contributed by atoms with Crippen LogP contribution in [0.1, 0.15) is 17.2 Å². The lowest BCUT2D eigenvalue weighted by Crippen LogP contribution is -2.19. The predicted molar refractivity (Wildman–Crippen MR) is 86.1 cm³/mol. The van der Waals surface area contributed by atoms with Gasteiger partial charge in [-0.3, -0.25) is 0 Å². The van der Waals surface area contributed by atoms with E-state index in [4.69, 9.17) is 23.2 Å². The van der Waals surface area contributed by atoms with Crippen molar-refractivity contribution >= 4 is 39.1 Å². The number of halogens is 4. The molecule has 0 amide bonds. The molecule has 2 aromatic rings. The lowest BCUT2D eigenvalue weighted by Gasteiger charge is -2.19. The van der Waals surface area contributed by atoms with Crippen molar-refractivity contribution < 1.29 is 4.39 Å². The van der Waals surface area contributed by atoms with Crippen LogP contribution in [-0.2, 0) is 6.42 Å². The van der Waals surface area contributed by atoms with Crippen LogP contribution in [0.5, 0.6) is 0 Å². The largest absolute Gasteiger partial charge is 0.313 e. The Kier molecular flexibility index (Phi) is 5.44. The van der Waals surface area contributed by atoms with Gasteiger partial charge in [-0.05, 0) is 48.9 Å². The van der Waals surface area contributed by atoms with Gasteiger partial charge in [-0.25, -0.2) is 4.39 Å². The minimum atomic E-state index is -0.272. The third kappa shape index (κ3) is 3.53. The van der Waals surface area contributed by atoms with Gasteiger partial charge in [0.15, 0.2) is 0 Å². The molecule has 0 aliphatic rings. The summed E-state index contributed by atoms with van der Waals surface area (Å²) >= 11 is 15.8. The Morgan fingerprint density at radius 3 is 2.40 bits per heavy atom. The Hall–Kier alpha value is -0.610. The van der Waals surface area contributed by atoms with Gasteiger partial charge in [0, 0.05) is 20.6 Å². The Morgan fingerprint density at radius 2 is 1.85 bits per heavy atom. The summed E-state index contributed by atoms with van der Waals surface area (Å²) in [4.78, 5) is 0. The van der Waals surface area contributed by atoms with Gasteiger partial charge >= 0.3 is 0 Å². The molecule has 0 heterocycles. The van der Waals surface area contributed by atoms with Gasteiger partial charge < -0.3 is 5.32 Å². The summed E-state index contributed by atoms with van der Waals surface area (Å²) in [7, 11) is 1.85. The van der Waals surface area contributed by atoms with E-state index in [1.807, 2.05) is 25.2 Å². The van der Waals surface area contributed by atoms with Gasteiger partial charge in [0.25, 0.3) is 0 Å². The van der Waals surface area contributed by atoms with Crippen LogP contribution in [0.15, 0.2) is 40.9 Å². The smallest absolute Gasteiger partial charge is 0.124 e. The maximum atomic E-state index is 13.2. The van der Waals surface area contributed by atoms with Crippen LogP contribution in [-0.4, -0.2) is 7.05 Å². The van der Waals surface area contributed by atoms with E-state index in [-0.39, 0.29) is 11.9 Å². The first-order valence-corrected chi connectivity index (χ1v) is 7.63. The molecule has 0 saturated carbocycles. The first kappa shape index (κ1) is 15.8. The highest BCUT2D eigenvalue weighted by atomic mass is 79.9. The molecule has 1 N–H and O–H groups in total. The second kappa shape index (κ2) is 6.90. The standard InChI is InChI=1S/C15H13BrCl2FN/c1-20-15(10-6-5-9(19)7-12(10)16)8-11-13(17)3-2-4-14(11)18/h2-7,15,20H,8H2,1H3. The number of hydrogen-bond acceptors (Lipinski definition) is 1. The van der Waals surface area contributed by atoms with Crippen LogP contribution >= 0.6 is 39.1 Å². The number of nitrogens with one attached hydrogen (secondary N) is 1. The molecule has 0 radical (unpaired) electrons. The van der Waals surface area contributed by atoms with E-state index in [1.54, 1.807) is 6.07 Å². The average molecular weight is 377 g/mol. The summed E-state index contributed by atoms with van der Waals surface area (Å²) in [6.07, 6.45) is 0.624. The highest BCUT2D eigenvalue weighted by Gasteiger charge is 2.17. The number of rotatable bonds is 4. The Balaban J connectivity index is 2.34. The van der Waals surface area contributed by atoms with Crippen LogP contribution in [0, 0.1) is 5.82 Å². The van der Waals surface area contributed by atoms with Gasteiger partial charge in [-0.1, -0.05) is 51.3 Å². The van der Waals surface area contributed by atoms with Gasteiger partial charge in [-0.15, -0.1) is 0 Å². The monoisotopic (exact) mass is 375 g/mol. The van der Waals surface area contributed by atoms with Crippen molar-refractivity contribution in [2.75, 3.05) is 7.05 Å². The van der Waals surface area contributed by atoms with Gasteiger partial charge in [0.05, 0.1) is 0 Å². The van der Waals surface area contributed by atoms with E-state index >= 15 is 0 Å². The first-order chi connectivity index (χ1) is 9.52. The second-order valence-electron chi connectivity index (χ2n) is 4.41. The van der Waals surface area contributed by atoms with Crippen LogP contribution in [0.2, 0.25) is 10.0 Å². The van der Waals surface area contributed by atoms with Crippen molar-refractivity contribution in [3.63, 3.8) is 0 Å². The Morgan fingerprint density at radius 1 is 1.20 bits per heavy atom. The zero-order valence-electron chi connectivity index (χ0n) is 10.8. The third-order valence-electron chi connectivity index (χ3n) is 3.16. The molecular weight excluding hydrogens is 364 g/mol. The highest BCUT2D eigenvalue weighted by molar-refractivity contribution is 9.10. The summed E-state index contributed by atoms with van der Waals surface area (Å²) in [6.45, 7) is 0. The fourth-order valence-electron chi connectivity index (χ4n) is 2.08. The normalized spacial score (nSPS) is 12.4. The summed E-state index contributed by atoms with van der Waals surface area (Å²) in [5.74, 6) is -0.272. The molecule has 0 spiro atoms. The fraction of sp³-hybridized carbons (Fsp3) is 0.200. The first-order valence-electron chi connectivity index (χ1n) is 6.08. The highest BCUT2D eigenvalue weighted by Crippen LogP contribution is 2.32.